The van der Waals surface area contributed by atoms with E-state index in [2.05, 4.69) is 10.6 Å². The van der Waals surface area contributed by atoms with E-state index in [0.29, 0.717) is 5.69 Å². The smallest absolute Gasteiger partial charge is 0.251 e. The summed E-state index contributed by atoms with van der Waals surface area (Å²) in [5, 5.41) is 5.59. The third-order valence-electron chi connectivity index (χ3n) is 3.72. The molecule has 0 atom stereocenters. The van der Waals surface area contributed by atoms with Gasteiger partial charge in [0.1, 0.15) is 0 Å². The minimum absolute atomic E-state index is 0.0696. The van der Waals surface area contributed by atoms with E-state index in [-0.39, 0.29) is 34.5 Å². The molecule has 28 heavy (non-hydrogen) atoms. The largest absolute Gasteiger partial charge is 0.348 e. The van der Waals surface area contributed by atoms with Crippen LogP contribution in [0.2, 0.25) is 5.02 Å². The molecule has 0 unspecified atom stereocenters. The van der Waals surface area contributed by atoms with Gasteiger partial charge in [-0.15, -0.1) is 0 Å². The van der Waals surface area contributed by atoms with Crippen molar-refractivity contribution in [1.82, 2.24) is 10.2 Å². The van der Waals surface area contributed by atoms with Gasteiger partial charge in [-0.25, -0.2) is 8.42 Å². The zero-order valence-corrected chi connectivity index (χ0v) is 17.4. The molecule has 2 rings (SSSR count). The number of amides is 2. The van der Waals surface area contributed by atoms with E-state index in [0.717, 1.165) is 11.8 Å². The highest BCUT2D eigenvalue weighted by Crippen LogP contribution is 2.22. The Morgan fingerprint density at radius 2 is 1.82 bits per heavy atom. The maximum absolute atomic E-state index is 12.4. The van der Waals surface area contributed by atoms with Gasteiger partial charge in [0.25, 0.3) is 5.91 Å². The summed E-state index contributed by atoms with van der Waals surface area (Å²) < 4.78 is 23.5. The summed E-state index contributed by atoms with van der Waals surface area (Å²) in [4.78, 5) is 25.9. The molecule has 0 radical (unpaired) electrons. The Kier molecular flexibility index (Phi) is 7.17. The second-order valence-electron chi connectivity index (χ2n) is 6.59. The molecule has 0 saturated carbocycles. The Bertz CT molecular complexity index is 990. The normalized spacial score (nSPS) is 11.3. The summed E-state index contributed by atoms with van der Waals surface area (Å²) in [5.41, 5.74) is 1.61. The average molecular weight is 424 g/mol. The number of hydrogen-bond acceptors (Lipinski definition) is 5. The Hall–Kier alpha value is -2.42. The fraction of sp³-hybridized carbons (Fsp3) is 0.263. The summed E-state index contributed by atoms with van der Waals surface area (Å²) in [5.74, 6) is -0.565. The lowest BCUT2D eigenvalue weighted by molar-refractivity contribution is -0.116. The molecule has 0 aliphatic heterocycles. The Morgan fingerprint density at radius 1 is 1.11 bits per heavy atom. The number of rotatable bonds is 7. The van der Waals surface area contributed by atoms with E-state index < -0.39 is 15.7 Å². The first-order valence-electron chi connectivity index (χ1n) is 8.37. The third-order valence-corrected chi connectivity index (χ3v) is 5.29. The molecule has 2 amide bonds. The highest BCUT2D eigenvalue weighted by Gasteiger charge is 2.16. The first-order chi connectivity index (χ1) is 13.1. The van der Waals surface area contributed by atoms with Gasteiger partial charge >= 0.3 is 0 Å². The number of hydrogen-bond donors (Lipinski definition) is 2. The molecule has 2 aromatic carbocycles. The molecule has 2 aromatic rings. The lowest BCUT2D eigenvalue weighted by atomic mass is 10.1. The molecular weight excluding hydrogens is 402 g/mol. The van der Waals surface area contributed by atoms with Gasteiger partial charge in [-0.2, -0.15) is 0 Å². The predicted molar refractivity (Wildman–Crippen MR) is 109 cm³/mol. The van der Waals surface area contributed by atoms with E-state index in [1.807, 2.05) is 6.07 Å². The SMILES string of the molecule is CN(C)CC(=O)Nc1cccc(CNC(=O)c2ccc(Cl)c(S(C)(=O)=O)c2)c1. The molecule has 0 aromatic heterocycles. The Morgan fingerprint density at radius 3 is 2.46 bits per heavy atom. The molecule has 0 saturated heterocycles. The number of halogens is 1. The molecule has 0 spiro atoms. The lowest BCUT2D eigenvalue weighted by Gasteiger charge is -2.11. The van der Waals surface area contributed by atoms with Gasteiger partial charge < -0.3 is 15.5 Å². The first-order valence-corrected chi connectivity index (χ1v) is 10.6. The van der Waals surface area contributed by atoms with Crippen LogP contribution in [0.4, 0.5) is 5.69 Å². The van der Waals surface area contributed by atoms with Crippen molar-refractivity contribution in [3.8, 4) is 0 Å². The monoisotopic (exact) mass is 423 g/mol. The van der Waals surface area contributed by atoms with Crippen molar-refractivity contribution in [2.24, 2.45) is 0 Å². The molecule has 0 fully saturated rings. The highest BCUT2D eigenvalue weighted by atomic mass is 35.5. The number of anilines is 1. The van der Waals surface area contributed by atoms with Crippen molar-refractivity contribution < 1.29 is 18.0 Å². The van der Waals surface area contributed by atoms with E-state index in [1.165, 1.54) is 18.2 Å². The standard InChI is InChI=1S/C19H22ClN3O4S/c1-23(2)12-18(24)22-15-6-4-5-13(9-15)11-21-19(25)14-7-8-16(20)17(10-14)28(3,26)27/h4-10H,11-12H2,1-3H3,(H,21,25)(H,22,24). The number of likely N-dealkylation sites (N-methyl/N-ethyl adjacent to an activating group) is 1. The molecule has 7 nitrogen and oxygen atoms in total. The van der Waals surface area contributed by atoms with Gasteiger partial charge in [-0.05, 0) is 50.0 Å². The molecule has 2 N–H and O–H groups in total. The predicted octanol–water partition coefficient (Wildman–Crippen LogP) is 2.17. The number of benzene rings is 2. The molecule has 0 aliphatic carbocycles. The zero-order chi connectivity index (χ0) is 20.9. The van der Waals surface area contributed by atoms with Gasteiger partial charge in [-0.1, -0.05) is 23.7 Å². The van der Waals surface area contributed by atoms with Gasteiger partial charge in [0.2, 0.25) is 5.91 Å². The van der Waals surface area contributed by atoms with Crippen LogP contribution in [0.3, 0.4) is 0 Å². The van der Waals surface area contributed by atoms with Crippen LogP contribution in [0, 0.1) is 0 Å². The zero-order valence-electron chi connectivity index (χ0n) is 15.8. The van der Waals surface area contributed by atoms with Crippen LogP contribution in [0.25, 0.3) is 0 Å². The van der Waals surface area contributed by atoms with E-state index in [9.17, 15) is 18.0 Å². The number of carbonyl (C=O) groups is 2. The fourth-order valence-corrected chi connectivity index (χ4v) is 3.76. The number of nitrogens with zero attached hydrogens (tertiary/aromatic N) is 1. The van der Waals surface area contributed by atoms with E-state index in [1.54, 1.807) is 37.2 Å². The van der Waals surface area contributed by atoms with E-state index >= 15 is 0 Å². The minimum atomic E-state index is -3.54. The summed E-state index contributed by atoms with van der Waals surface area (Å²) in [7, 11) is 0.0680. The maximum Gasteiger partial charge on any atom is 0.251 e. The lowest BCUT2D eigenvalue weighted by Crippen LogP contribution is -2.27. The molecular formula is C19H22ClN3O4S. The second-order valence-corrected chi connectivity index (χ2v) is 8.98. The van der Waals surface area contributed by atoms with E-state index in [4.69, 9.17) is 11.6 Å². The Balaban J connectivity index is 2.05. The van der Waals surface area contributed by atoms with Crippen LogP contribution < -0.4 is 10.6 Å². The number of carbonyl (C=O) groups excluding carboxylic acids is 2. The van der Waals surface area contributed by atoms with Crippen molar-refractivity contribution >= 4 is 38.9 Å². The van der Waals surface area contributed by atoms with Crippen molar-refractivity contribution in [3.63, 3.8) is 0 Å². The molecule has 9 heteroatoms. The highest BCUT2D eigenvalue weighted by molar-refractivity contribution is 7.90. The van der Waals surface area contributed by atoms with Gasteiger partial charge in [0, 0.05) is 24.1 Å². The minimum Gasteiger partial charge on any atom is -0.348 e. The van der Waals surface area contributed by atoms with Gasteiger partial charge in [0.15, 0.2) is 9.84 Å². The Labute approximate surface area is 169 Å². The van der Waals surface area contributed by atoms with Crippen LogP contribution in [-0.4, -0.2) is 52.0 Å². The second kappa shape index (κ2) is 9.18. The molecule has 150 valence electrons. The van der Waals surface area contributed by atoms with Crippen molar-refractivity contribution in [2.45, 2.75) is 11.4 Å². The topological polar surface area (TPSA) is 95.6 Å². The first kappa shape index (κ1) is 21.9. The van der Waals surface area contributed by atoms with Gasteiger partial charge in [-0.3, -0.25) is 9.59 Å². The molecule has 0 heterocycles. The van der Waals surface area contributed by atoms with Crippen LogP contribution in [0.1, 0.15) is 15.9 Å². The van der Waals surface area contributed by atoms with Gasteiger partial charge in [0.05, 0.1) is 16.5 Å². The summed E-state index contributed by atoms with van der Waals surface area (Å²) in [6, 6.07) is 11.2. The summed E-state index contributed by atoms with van der Waals surface area (Å²) >= 11 is 5.90. The molecule has 0 aliphatic rings. The summed E-state index contributed by atoms with van der Waals surface area (Å²) in [6.07, 6.45) is 1.03. The van der Waals surface area contributed by atoms with Crippen LogP contribution in [0.15, 0.2) is 47.4 Å². The number of sulfone groups is 1. The fourth-order valence-electron chi connectivity index (χ4n) is 2.46. The average Bonchev–Trinajstić information content (AvgIpc) is 2.58. The summed E-state index contributed by atoms with van der Waals surface area (Å²) in [6.45, 7) is 0.479. The van der Waals surface area contributed by atoms with Crippen molar-refractivity contribution in [3.05, 3.63) is 58.6 Å². The van der Waals surface area contributed by atoms with Crippen molar-refractivity contribution in [1.29, 1.82) is 0 Å². The van der Waals surface area contributed by atoms with Crippen LogP contribution in [0.5, 0.6) is 0 Å². The van der Waals surface area contributed by atoms with Crippen molar-refractivity contribution in [2.75, 3.05) is 32.2 Å². The number of nitrogens with one attached hydrogen (secondary N) is 2. The van der Waals surface area contributed by atoms with Crippen LogP contribution >= 0.6 is 11.6 Å². The molecule has 0 bridgehead atoms. The maximum atomic E-state index is 12.4. The van der Waals surface area contributed by atoms with Crippen LogP contribution in [-0.2, 0) is 21.2 Å². The quantitative estimate of drug-likeness (QED) is 0.711. The third kappa shape index (κ3) is 6.33.